The van der Waals surface area contributed by atoms with Gasteiger partial charge in [0.05, 0.1) is 31.8 Å². The monoisotopic (exact) mass is 414 g/mol. The lowest BCUT2D eigenvalue weighted by Crippen LogP contribution is -3.11. The van der Waals surface area contributed by atoms with E-state index in [4.69, 9.17) is 14.8 Å². The van der Waals surface area contributed by atoms with Gasteiger partial charge in [0.1, 0.15) is 12.2 Å². The minimum absolute atomic E-state index is 0.0707. The molecule has 12 heteroatoms. The van der Waals surface area contributed by atoms with Crippen molar-refractivity contribution in [2.24, 2.45) is 5.10 Å². The summed E-state index contributed by atoms with van der Waals surface area (Å²) in [4.78, 5) is 14.0. The Balaban J connectivity index is 1.58. The predicted octanol–water partition coefficient (Wildman–Crippen LogP) is -0.0632. The quantitative estimate of drug-likeness (QED) is 0.359. The molecule has 1 aliphatic carbocycles. The summed E-state index contributed by atoms with van der Waals surface area (Å²) in [5.74, 6) is -0.209. The first-order valence-corrected chi connectivity index (χ1v) is 9.84. The zero-order chi connectivity index (χ0) is 20.9. The zero-order valence-corrected chi connectivity index (χ0v) is 16.6. The molecule has 1 atom stereocenters. The third kappa shape index (κ3) is 4.22. The van der Waals surface area contributed by atoms with Crippen molar-refractivity contribution in [1.82, 2.24) is 30.7 Å². The van der Waals surface area contributed by atoms with E-state index >= 15 is 0 Å². The summed E-state index contributed by atoms with van der Waals surface area (Å²) in [6.45, 7) is 0.512. The Labute approximate surface area is 172 Å². The number of nitrogens with two attached hydrogens (primary N) is 1. The van der Waals surface area contributed by atoms with Crippen LogP contribution in [0.1, 0.15) is 53.8 Å². The van der Waals surface area contributed by atoms with Crippen molar-refractivity contribution in [3.63, 3.8) is 0 Å². The Bertz CT molecular complexity index is 1000. The van der Waals surface area contributed by atoms with Gasteiger partial charge in [-0.2, -0.15) is 9.78 Å². The smallest absolute Gasteiger partial charge is 0.294 e. The molecule has 1 amide bonds. The highest BCUT2D eigenvalue weighted by molar-refractivity contribution is 5.94. The standard InChI is InChI=1S/C18H23N9O3/c1-26(13-5-3-2-4-6-13)10-14-15(18(28)22-20-9-12-7-8-29-11-12)21-25-27(14)17-16(19)23-30-24-17/h7-9,11,13H,2-6,10H2,1H3,(H2,19,23)(H,22,28)/p+1/b20-9-. The molecule has 3 aromatic rings. The van der Waals surface area contributed by atoms with E-state index < -0.39 is 5.91 Å². The maximum absolute atomic E-state index is 12.8. The molecule has 1 fully saturated rings. The highest BCUT2D eigenvalue weighted by Gasteiger charge is 2.29. The summed E-state index contributed by atoms with van der Waals surface area (Å²) in [6.07, 6.45) is 10.5. The fourth-order valence-corrected chi connectivity index (χ4v) is 3.72. The molecule has 3 aromatic heterocycles. The second kappa shape index (κ2) is 8.86. The summed E-state index contributed by atoms with van der Waals surface area (Å²) in [5.41, 5.74) is 9.76. The summed E-state index contributed by atoms with van der Waals surface area (Å²) in [7, 11) is 2.11. The van der Waals surface area contributed by atoms with Crippen molar-refractivity contribution in [1.29, 1.82) is 0 Å². The van der Waals surface area contributed by atoms with E-state index in [1.807, 2.05) is 0 Å². The van der Waals surface area contributed by atoms with Crippen molar-refractivity contribution in [2.75, 3.05) is 12.8 Å². The Morgan fingerprint density at radius 3 is 2.93 bits per heavy atom. The number of hydrogen-bond donors (Lipinski definition) is 3. The second-order valence-electron chi connectivity index (χ2n) is 7.38. The van der Waals surface area contributed by atoms with E-state index in [9.17, 15) is 4.79 Å². The van der Waals surface area contributed by atoms with E-state index in [1.54, 1.807) is 6.07 Å². The van der Waals surface area contributed by atoms with Crippen LogP contribution in [-0.2, 0) is 6.54 Å². The van der Waals surface area contributed by atoms with Crippen molar-refractivity contribution >= 4 is 17.9 Å². The summed E-state index contributed by atoms with van der Waals surface area (Å²) in [6, 6.07) is 2.23. The van der Waals surface area contributed by atoms with Gasteiger partial charge in [-0.25, -0.2) is 10.1 Å². The number of aromatic nitrogens is 5. The Kier molecular flexibility index (Phi) is 5.84. The SMILES string of the molecule is C[NH+](Cc1c(C(=O)N/N=C\c2ccoc2)nnn1-c1nonc1N)C1CCCCC1. The third-order valence-electron chi connectivity index (χ3n) is 5.35. The van der Waals surface area contributed by atoms with E-state index in [2.05, 4.69) is 38.2 Å². The van der Waals surface area contributed by atoms with Crippen LogP contribution in [0.3, 0.4) is 0 Å². The molecule has 4 N–H and O–H groups in total. The van der Waals surface area contributed by atoms with Gasteiger partial charge in [-0.15, -0.1) is 5.10 Å². The van der Waals surface area contributed by atoms with Crippen LogP contribution in [0.25, 0.3) is 5.82 Å². The van der Waals surface area contributed by atoms with Crippen molar-refractivity contribution in [3.8, 4) is 5.82 Å². The number of nitrogen functional groups attached to an aromatic ring is 1. The Morgan fingerprint density at radius 2 is 2.23 bits per heavy atom. The number of furan rings is 1. The van der Waals surface area contributed by atoms with Gasteiger partial charge in [0.25, 0.3) is 5.91 Å². The Morgan fingerprint density at radius 1 is 1.40 bits per heavy atom. The fraction of sp³-hybridized carbons (Fsp3) is 0.444. The summed E-state index contributed by atoms with van der Waals surface area (Å²) >= 11 is 0. The molecule has 1 unspecified atom stereocenters. The van der Waals surface area contributed by atoms with Crippen molar-refractivity contribution < 1.29 is 18.7 Å². The number of rotatable bonds is 7. The van der Waals surface area contributed by atoms with Gasteiger partial charge in [-0.3, -0.25) is 4.79 Å². The molecule has 12 nitrogen and oxygen atoms in total. The maximum atomic E-state index is 12.8. The number of carbonyl (C=O) groups is 1. The minimum Gasteiger partial charge on any atom is -0.472 e. The van der Waals surface area contributed by atoms with Crippen LogP contribution < -0.4 is 16.1 Å². The number of nitrogens with zero attached hydrogens (tertiary/aromatic N) is 6. The topological polar surface area (TPSA) is 155 Å². The van der Waals surface area contributed by atoms with E-state index in [1.165, 1.54) is 47.6 Å². The first-order chi connectivity index (χ1) is 14.6. The maximum Gasteiger partial charge on any atom is 0.294 e. The van der Waals surface area contributed by atoms with Crippen LogP contribution in [0.15, 0.2) is 32.7 Å². The molecule has 4 rings (SSSR count). The van der Waals surface area contributed by atoms with Gasteiger partial charge >= 0.3 is 0 Å². The number of hydrogen-bond acceptors (Lipinski definition) is 9. The van der Waals surface area contributed by atoms with Gasteiger partial charge in [-0.1, -0.05) is 11.6 Å². The molecule has 0 spiro atoms. The fourth-order valence-electron chi connectivity index (χ4n) is 3.72. The third-order valence-corrected chi connectivity index (χ3v) is 5.35. The first kappa shape index (κ1) is 19.8. The number of hydrazone groups is 1. The number of nitrogens with one attached hydrogen (secondary N) is 2. The van der Waals surface area contributed by atoms with Crippen molar-refractivity contribution in [3.05, 3.63) is 35.5 Å². The molecule has 0 bridgehead atoms. The molecule has 0 saturated heterocycles. The molecule has 3 heterocycles. The summed E-state index contributed by atoms with van der Waals surface area (Å²) < 4.78 is 11.1. The molecule has 0 aliphatic heterocycles. The second-order valence-corrected chi connectivity index (χ2v) is 7.38. The predicted molar refractivity (Wildman–Crippen MR) is 105 cm³/mol. The highest BCUT2D eigenvalue weighted by atomic mass is 16.6. The van der Waals surface area contributed by atoms with E-state index in [-0.39, 0.29) is 17.3 Å². The van der Waals surface area contributed by atoms with Crippen LogP contribution in [0.2, 0.25) is 0 Å². The van der Waals surface area contributed by atoms with Crippen LogP contribution in [0.4, 0.5) is 5.82 Å². The minimum atomic E-state index is -0.484. The van der Waals surface area contributed by atoms with Gasteiger partial charge in [0.2, 0.25) is 11.6 Å². The number of quaternary nitrogens is 1. The van der Waals surface area contributed by atoms with Gasteiger partial charge in [-0.05, 0) is 42.1 Å². The zero-order valence-electron chi connectivity index (χ0n) is 16.6. The van der Waals surface area contributed by atoms with E-state index in [0.717, 1.165) is 18.4 Å². The average molecular weight is 414 g/mol. The van der Waals surface area contributed by atoms with Crippen LogP contribution in [0, 0.1) is 0 Å². The first-order valence-electron chi connectivity index (χ1n) is 9.84. The molecule has 158 valence electrons. The lowest BCUT2D eigenvalue weighted by molar-refractivity contribution is -0.921. The lowest BCUT2D eigenvalue weighted by Gasteiger charge is -2.28. The number of anilines is 1. The van der Waals surface area contributed by atoms with Gasteiger partial charge in [0, 0.05) is 5.56 Å². The Hall–Kier alpha value is -3.54. The average Bonchev–Trinajstić information content (AvgIpc) is 3.50. The lowest BCUT2D eigenvalue weighted by atomic mass is 9.94. The van der Waals surface area contributed by atoms with Gasteiger partial charge < -0.3 is 15.1 Å². The summed E-state index contributed by atoms with van der Waals surface area (Å²) in [5, 5.41) is 19.5. The molecular weight excluding hydrogens is 390 g/mol. The van der Waals surface area contributed by atoms with E-state index in [0.29, 0.717) is 18.3 Å². The largest absolute Gasteiger partial charge is 0.472 e. The van der Waals surface area contributed by atoms with Crippen LogP contribution in [0.5, 0.6) is 0 Å². The normalized spacial score (nSPS) is 16.2. The van der Waals surface area contributed by atoms with Gasteiger partial charge in [0.15, 0.2) is 5.69 Å². The highest BCUT2D eigenvalue weighted by Crippen LogP contribution is 2.18. The molecule has 0 radical (unpaired) electrons. The molecule has 30 heavy (non-hydrogen) atoms. The van der Waals surface area contributed by atoms with Crippen LogP contribution in [-0.4, -0.2) is 50.5 Å². The van der Waals surface area contributed by atoms with Crippen molar-refractivity contribution in [2.45, 2.75) is 44.7 Å². The molecule has 0 aromatic carbocycles. The van der Waals surface area contributed by atoms with Crippen LogP contribution >= 0.6 is 0 Å². The number of carbonyl (C=O) groups excluding carboxylic acids is 1. The molecule has 1 saturated carbocycles. The molecule has 1 aliphatic rings. The number of amides is 1. The molecular formula is C18H24N9O3+.